The first-order chi connectivity index (χ1) is 41.7. The Morgan fingerprint density at radius 3 is 0.786 bits per heavy atom. The molecule has 0 saturated carbocycles. The van der Waals surface area contributed by atoms with Crippen LogP contribution in [0.5, 0.6) is 0 Å². The highest BCUT2D eigenvalue weighted by Crippen LogP contribution is 2.48. The van der Waals surface area contributed by atoms with Gasteiger partial charge in [0.2, 0.25) is 0 Å². The SMILES string of the molecule is N#Cc1c(-n2c3ccccc3c3ccccc32)c(-n2c3ccc(-c4cccnc4)cc3c3cc(-c4cccnc4)ccc32)cc(-n2c3ccc(-c4cccnc4)cc3c3cc(-c4cccnc4)ccc32)c1-n1c2ccccc2c2ccccc21. The molecule has 0 fully saturated rings. The van der Waals surface area contributed by atoms with Gasteiger partial charge in [0.15, 0.2) is 0 Å². The van der Waals surface area contributed by atoms with Gasteiger partial charge in [-0.1, -0.05) is 121 Å². The first kappa shape index (κ1) is 47.1. The van der Waals surface area contributed by atoms with Crippen LogP contribution < -0.4 is 0 Å². The molecule has 84 heavy (non-hydrogen) atoms. The van der Waals surface area contributed by atoms with Crippen LogP contribution in [0.3, 0.4) is 0 Å². The molecule has 0 bridgehead atoms. The highest BCUT2D eigenvalue weighted by atomic mass is 15.1. The van der Waals surface area contributed by atoms with Crippen molar-refractivity contribution < 1.29 is 0 Å². The molecule has 8 heterocycles. The zero-order chi connectivity index (χ0) is 55.4. The van der Waals surface area contributed by atoms with E-state index in [1.807, 2.05) is 73.8 Å². The van der Waals surface area contributed by atoms with Gasteiger partial charge in [0.1, 0.15) is 11.6 Å². The maximum absolute atomic E-state index is 12.8. The summed E-state index contributed by atoms with van der Waals surface area (Å²) in [4.78, 5) is 18.2. The first-order valence-corrected chi connectivity index (χ1v) is 28.0. The molecule has 0 aliphatic carbocycles. The van der Waals surface area contributed by atoms with Gasteiger partial charge in [-0.05, 0) is 125 Å². The van der Waals surface area contributed by atoms with E-state index in [4.69, 9.17) is 0 Å². The molecule has 0 aliphatic rings. The van der Waals surface area contributed by atoms with Crippen LogP contribution in [0.25, 0.3) is 154 Å². The summed E-state index contributed by atoms with van der Waals surface area (Å²) in [6.07, 6.45) is 14.9. The fraction of sp³-hybridized carbons (Fsp3) is 0. The minimum absolute atomic E-state index is 0.503. The molecule has 0 N–H and O–H groups in total. The molecule has 17 rings (SSSR count). The van der Waals surface area contributed by atoms with Crippen molar-refractivity contribution in [1.29, 1.82) is 5.26 Å². The zero-order valence-corrected chi connectivity index (χ0v) is 45.0. The Kier molecular flexibility index (Phi) is 10.5. The Morgan fingerprint density at radius 1 is 0.250 bits per heavy atom. The van der Waals surface area contributed by atoms with Crippen molar-refractivity contribution in [2.75, 3.05) is 0 Å². The maximum Gasteiger partial charge on any atom is 0.104 e. The van der Waals surface area contributed by atoms with Crippen LogP contribution in [-0.2, 0) is 0 Å². The maximum atomic E-state index is 12.8. The number of nitrogens with zero attached hydrogens (tertiary/aromatic N) is 9. The number of hydrogen-bond donors (Lipinski definition) is 0. The summed E-state index contributed by atoms with van der Waals surface area (Å²) >= 11 is 0. The standard InChI is InChI=1S/C75H45N9/c76-42-63-74(83-64-21-5-1-17-55(64)56-18-2-6-22-65(56)83)72(81-68-29-25-47(51-13-9-33-77-43-51)37-59(68)60-38-48(26-30-69(60)81)52-14-10-34-78-44-52)41-73(75(63)84-66-23-7-3-19-57(66)58-20-4-8-24-67(58)84)82-70-31-27-49(53-15-11-35-79-45-53)39-61(70)62-40-50(28-32-71(62)82)54-16-12-36-80-46-54/h1-41,43-46H. The van der Waals surface area contributed by atoms with Gasteiger partial charge in [0.25, 0.3) is 0 Å². The van der Waals surface area contributed by atoms with E-state index in [0.29, 0.717) is 5.56 Å². The van der Waals surface area contributed by atoms with Crippen molar-refractivity contribution in [3.05, 3.63) is 280 Å². The Hall–Kier alpha value is -11.7. The average molecular weight is 1070 g/mol. The van der Waals surface area contributed by atoms with Crippen molar-refractivity contribution in [3.63, 3.8) is 0 Å². The highest BCUT2D eigenvalue weighted by Gasteiger charge is 2.31. The van der Waals surface area contributed by atoms with Crippen LogP contribution >= 0.6 is 0 Å². The molecule has 17 aromatic rings. The van der Waals surface area contributed by atoms with E-state index in [-0.39, 0.29) is 0 Å². The zero-order valence-electron chi connectivity index (χ0n) is 45.0. The Balaban J connectivity index is 1.10. The molecule has 9 heteroatoms. The third kappa shape index (κ3) is 7.08. The second-order valence-corrected chi connectivity index (χ2v) is 21.4. The van der Waals surface area contributed by atoms with Crippen molar-refractivity contribution in [2.45, 2.75) is 0 Å². The second kappa shape index (κ2) is 18.7. The molecule has 0 unspecified atom stereocenters. The molecule has 0 atom stereocenters. The average Bonchev–Trinajstić information content (AvgIpc) is 1.97. The van der Waals surface area contributed by atoms with E-state index in [1.54, 1.807) is 0 Å². The van der Waals surface area contributed by atoms with E-state index < -0.39 is 0 Å². The summed E-state index contributed by atoms with van der Waals surface area (Å²) < 4.78 is 9.49. The molecule has 0 radical (unpaired) electrons. The normalized spacial score (nSPS) is 11.8. The van der Waals surface area contributed by atoms with Crippen LogP contribution in [0.2, 0.25) is 0 Å². The van der Waals surface area contributed by atoms with Crippen molar-refractivity contribution in [1.82, 2.24) is 38.2 Å². The molecule has 9 aromatic carbocycles. The van der Waals surface area contributed by atoms with Gasteiger partial charge in [0.05, 0.1) is 66.9 Å². The molecule has 8 aromatic heterocycles. The third-order valence-corrected chi connectivity index (χ3v) is 16.9. The lowest BCUT2D eigenvalue weighted by atomic mass is 10.0. The lowest BCUT2D eigenvalue weighted by molar-refractivity contribution is 1.03. The molecule has 390 valence electrons. The van der Waals surface area contributed by atoms with E-state index in [1.165, 1.54) is 0 Å². The summed E-state index contributed by atoms with van der Waals surface area (Å²) in [6.45, 7) is 0. The molecule has 9 nitrogen and oxygen atoms in total. The molecule has 0 amide bonds. The van der Waals surface area contributed by atoms with Gasteiger partial charge in [-0.2, -0.15) is 5.26 Å². The van der Waals surface area contributed by atoms with E-state index in [0.717, 1.165) is 154 Å². The summed E-state index contributed by atoms with van der Waals surface area (Å²) in [5.41, 5.74) is 19.8. The minimum atomic E-state index is 0.503. The van der Waals surface area contributed by atoms with E-state index >= 15 is 0 Å². The van der Waals surface area contributed by atoms with Gasteiger partial charge in [0, 0.05) is 115 Å². The van der Waals surface area contributed by atoms with Crippen molar-refractivity contribution in [3.8, 4) is 73.3 Å². The molecular weight excluding hydrogens is 1030 g/mol. The number of hydrogen-bond acceptors (Lipinski definition) is 5. The van der Waals surface area contributed by atoms with Gasteiger partial charge in [-0.15, -0.1) is 0 Å². The fourth-order valence-electron chi connectivity index (χ4n) is 13.3. The monoisotopic (exact) mass is 1070 g/mol. The third-order valence-electron chi connectivity index (χ3n) is 16.9. The molecular formula is C75H45N9. The summed E-state index contributed by atoms with van der Waals surface area (Å²) in [5.74, 6) is 0. The smallest absolute Gasteiger partial charge is 0.104 e. The lowest BCUT2D eigenvalue weighted by Crippen LogP contribution is -2.13. The lowest BCUT2D eigenvalue weighted by Gasteiger charge is -2.25. The molecule has 0 spiro atoms. The number of para-hydroxylation sites is 4. The number of pyridine rings is 4. The van der Waals surface area contributed by atoms with E-state index in [9.17, 15) is 5.26 Å². The predicted molar refractivity (Wildman–Crippen MR) is 341 cm³/mol. The van der Waals surface area contributed by atoms with Crippen LogP contribution in [0.4, 0.5) is 0 Å². The Labute approximate surface area is 481 Å². The Bertz CT molecular complexity index is 4920. The predicted octanol–water partition coefficient (Wildman–Crippen LogP) is 18.2. The van der Waals surface area contributed by atoms with Crippen LogP contribution in [-0.4, -0.2) is 38.2 Å². The van der Waals surface area contributed by atoms with Crippen LogP contribution in [0.1, 0.15) is 5.56 Å². The van der Waals surface area contributed by atoms with E-state index in [2.05, 4.69) is 244 Å². The van der Waals surface area contributed by atoms with Crippen molar-refractivity contribution >= 4 is 87.2 Å². The number of fused-ring (bicyclic) bond motifs is 12. The number of rotatable bonds is 8. The molecule has 0 saturated heterocycles. The number of nitriles is 1. The quantitative estimate of drug-likeness (QED) is 0.151. The Morgan fingerprint density at radius 2 is 0.524 bits per heavy atom. The minimum Gasteiger partial charge on any atom is -0.307 e. The molecule has 0 aliphatic heterocycles. The van der Waals surface area contributed by atoms with Crippen LogP contribution in [0.15, 0.2) is 274 Å². The fourth-order valence-corrected chi connectivity index (χ4v) is 13.3. The number of aromatic nitrogens is 8. The van der Waals surface area contributed by atoms with Crippen molar-refractivity contribution in [2.24, 2.45) is 0 Å². The number of benzene rings is 9. The summed E-state index contributed by atoms with van der Waals surface area (Å²) in [6, 6.07) is 83.0. The summed E-state index contributed by atoms with van der Waals surface area (Å²) in [5, 5.41) is 21.4. The van der Waals surface area contributed by atoms with Gasteiger partial charge in [-0.25, -0.2) is 0 Å². The first-order valence-electron chi connectivity index (χ1n) is 28.0. The topological polar surface area (TPSA) is 95.1 Å². The highest BCUT2D eigenvalue weighted by molar-refractivity contribution is 6.16. The largest absolute Gasteiger partial charge is 0.307 e. The second-order valence-electron chi connectivity index (χ2n) is 21.4. The van der Waals surface area contributed by atoms with Crippen LogP contribution in [0, 0.1) is 11.3 Å². The van der Waals surface area contributed by atoms with Gasteiger partial charge in [-0.3, -0.25) is 19.9 Å². The van der Waals surface area contributed by atoms with Gasteiger partial charge >= 0.3 is 0 Å². The van der Waals surface area contributed by atoms with Gasteiger partial charge < -0.3 is 18.3 Å². The summed E-state index contributed by atoms with van der Waals surface area (Å²) in [7, 11) is 0.